The average Bonchev–Trinajstić information content (AvgIpc) is 2.66. The molecule has 0 heterocycles. The van der Waals surface area contributed by atoms with Gasteiger partial charge >= 0.3 is 5.97 Å². The Morgan fingerprint density at radius 2 is 1.74 bits per heavy atom. The monoisotopic (exact) mass is 383 g/mol. The van der Waals surface area contributed by atoms with Crippen LogP contribution in [0.1, 0.15) is 5.56 Å². The highest BCUT2D eigenvalue weighted by Gasteiger charge is 2.18. The van der Waals surface area contributed by atoms with Crippen LogP contribution in [0.25, 0.3) is 16.8 Å². The van der Waals surface area contributed by atoms with Gasteiger partial charge in [0.05, 0.1) is 10.6 Å². The van der Waals surface area contributed by atoms with Crippen LogP contribution in [0.4, 0.5) is 5.69 Å². The SMILES string of the molecule is C=Cc1ccccc1S(=O)(=O)Nc1cccc2c(OCC(=O)O)cccc12. The molecule has 6 nitrogen and oxygen atoms in total. The number of aliphatic carboxylic acids is 1. The van der Waals surface area contributed by atoms with Crippen molar-refractivity contribution in [2.45, 2.75) is 4.90 Å². The normalized spacial score (nSPS) is 11.1. The Labute approximate surface area is 156 Å². The predicted molar refractivity (Wildman–Crippen MR) is 104 cm³/mol. The van der Waals surface area contributed by atoms with Crippen LogP contribution in [0, 0.1) is 0 Å². The lowest BCUT2D eigenvalue weighted by molar-refractivity contribution is -0.139. The first kappa shape index (κ1) is 18.5. The number of carboxylic acids is 1. The Bertz CT molecular complexity index is 1120. The zero-order chi connectivity index (χ0) is 19.4. The molecule has 0 spiro atoms. The Balaban J connectivity index is 2.04. The fourth-order valence-electron chi connectivity index (χ4n) is 2.73. The Morgan fingerprint density at radius 3 is 2.48 bits per heavy atom. The van der Waals surface area contributed by atoms with Crippen molar-refractivity contribution < 1.29 is 23.1 Å². The number of carboxylic acid groups (broad SMARTS) is 1. The van der Waals surface area contributed by atoms with E-state index in [1.54, 1.807) is 54.6 Å². The highest BCUT2D eigenvalue weighted by atomic mass is 32.2. The van der Waals surface area contributed by atoms with Gasteiger partial charge in [0, 0.05) is 10.8 Å². The molecule has 0 aliphatic rings. The Morgan fingerprint density at radius 1 is 1.04 bits per heavy atom. The van der Waals surface area contributed by atoms with E-state index in [0.717, 1.165) is 0 Å². The van der Waals surface area contributed by atoms with E-state index in [9.17, 15) is 13.2 Å². The maximum absolute atomic E-state index is 12.9. The van der Waals surface area contributed by atoms with Gasteiger partial charge in [-0.3, -0.25) is 4.72 Å². The van der Waals surface area contributed by atoms with Gasteiger partial charge in [-0.05, 0) is 23.8 Å². The summed E-state index contributed by atoms with van der Waals surface area (Å²) in [5, 5.41) is 10.0. The van der Waals surface area contributed by atoms with Crippen LogP contribution in [0.2, 0.25) is 0 Å². The maximum atomic E-state index is 12.9. The molecule has 0 saturated carbocycles. The minimum atomic E-state index is -3.84. The minimum Gasteiger partial charge on any atom is -0.481 e. The second-order valence-electron chi connectivity index (χ2n) is 5.69. The number of sulfonamides is 1. The molecule has 0 aliphatic carbocycles. The van der Waals surface area contributed by atoms with Crippen LogP contribution in [-0.2, 0) is 14.8 Å². The molecule has 0 aromatic heterocycles. The van der Waals surface area contributed by atoms with Crippen LogP contribution in [0.3, 0.4) is 0 Å². The summed E-state index contributed by atoms with van der Waals surface area (Å²) in [6.07, 6.45) is 1.48. The van der Waals surface area contributed by atoms with E-state index in [1.807, 2.05) is 0 Å². The number of rotatable bonds is 7. The molecule has 7 heteroatoms. The summed E-state index contributed by atoms with van der Waals surface area (Å²) in [7, 11) is -3.84. The summed E-state index contributed by atoms with van der Waals surface area (Å²) < 4.78 is 33.6. The number of benzene rings is 3. The van der Waals surface area contributed by atoms with Gasteiger partial charge in [-0.25, -0.2) is 13.2 Å². The molecule has 0 aliphatic heterocycles. The lowest BCUT2D eigenvalue weighted by atomic mass is 10.1. The smallest absolute Gasteiger partial charge is 0.341 e. The fraction of sp³-hybridized carbons (Fsp3) is 0.0500. The molecule has 0 amide bonds. The number of fused-ring (bicyclic) bond motifs is 1. The first-order chi connectivity index (χ1) is 12.9. The minimum absolute atomic E-state index is 0.121. The van der Waals surface area contributed by atoms with E-state index >= 15 is 0 Å². The first-order valence-corrected chi connectivity index (χ1v) is 9.51. The number of hydrogen-bond acceptors (Lipinski definition) is 4. The topological polar surface area (TPSA) is 92.7 Å². The lowest BCUT2D eigenvalue weighted by Crippen LogP contribution is -2.14. The van der Waals surface area contributed by atoms with Crippen molar-refractivity contribution >= 4 is 38.5 Å². The van der Waals surface area contributed by atoms with Gasteiger partial charge in [-0.15, -0.1) is 0 Å². The molecule has 138 valence electrons. The van der Waals surface area contributed by atoms with Crippen molar-refractivity contribution in [2.24, 2.45) is 0 Å². The average molecular weight is 383 g/mol. The summed E-state index contributed by atoms with van der Waals surface area (Å²) in [4.78, 5) is 10.9. The number of anilines is 1. The van der Waals surface area contributed by atoms with Crippen molar-refractivity contribution in [1.82, 2.24) is 0 Å². The quantitative estimate of drug-likeness (QED) is 0.648. The van der Waals surface area contributed by atoms with E-state index in [0.29, 0.717) is 27.8 Å². The summed E-state index contributed by atoms with van der Waals surface area (Å²) in [5.74, 6) is -0.729. The molecule has 27 heavy (non-hydrogen) atoms. The van der Waals surface area contributed by atoms with Crippen molar-refractivity contribution in [3.63, 3.8) is 0 Å². The molecule has 3 aromatic carbocycles. The maximum Gasteiger partial charge on any atom is 0.341 e. The van der Waals surface area contributed by atoms with Crippen LogP contribution >= 0.6 is 0 Å². The van der Waals surface area contributed by atoms with E-state index in [2.05, 4.69) is 11.3 Å². The van der Waals surface area contributed by atoms with Crippen molar-refractivity contribution in [3.8, 4) is 5.75 Å². The molecule has 3 rings (SSSR count). The van der Waals surface area contributed by atoms with E-state index < -0.39 is 22.6 Å². The Hall–Kier alpha value is -3.32. The zero-order valence-electron chi connectivity index (χ0n) is 14.3. The van der Waals surface area contributed by atoms with Gasteiger partial charge in [0.1, 0.15) is 5.75 Å². The van der Waals surface area contributed by atoms with Gasteiger partial charge in [0.15, 0.2) is 6.61 Å². The third kappa shape index (κ3) is 3.93. The summed E-state index contributed by atoms with van der Waals surface area (Å²) >= 11 is 0. The third-order valence-corrected chi connectivity index (χ3v) is 5.35. The number of carbonyl (C=O) groups is 1. The van der Waals surface area contributed by atoms with Gasteiger partial charge in [-0.2, -0.15) is 0 Å². The highest BCUT2D eigenvalue weighted by Crippen LogP contribution is 2.32. The predicted octanol–water partition coefficient (Wildman–Crippen LogP) is 3.75. The van der Waals surface area contributed by atoms with Crippen LogP contribution < -0.4 is 9.46 Å². The second-order valence-corrected chi connectivity index (χ2v) is 7.34. The molecule has 0 unspecified atom stereocenters. The number of ether oxygens (including phenoxy) is 1. The molecular weight excluding hydrogens is 366 g/mol. The van der Waals surface area contributed by atoms with Crippen LogP contribution in [0.15, 0.2) is 72.1 Å². The fourth-order valence-corrected chi connectivity index (χ4v) is 4.03. The van der Waals surface area contributed by atoms with Crippen LogP contribution in [-0.4, -0.2) is 26.1 Å². The summed E-state index contributed by atoms with van der Waals surface area (Å²) in [6, 6.07) is 16.6. The largest absolute Gasteiger partial charge is 0.481 e. The summed E-state index contributed by atoms with van der Waals surface area (Å²) in [5.41, 5.74) is 0.864. The summed E-state index contributed by atoms with van der Waals surface area (Å²) in [6.45, 7) is 3.17. The van der Waals surface area contributed by atoms with Gasteiger partial charge in [-0.1, -0.05) is 55.1 Å². The van der Waals surface area contributed by atoms with E-state index in [1.165, 1.54) is 12.1 Å². The van der Waals surface area contributed by atoms with Crippen molar-refractivity contribution in [3.05, 3.63) is 72.8 Å². The van der Waals surface area contributed by atoms with Crippen LogP contribution in [0.5, 0.6) is 5.75 Å². The molecule has 2 N–H and O–H groups in total. The lowest BCUT2D eigenvalue weighted by Gasteiger charge is -2.14. The molecule has 0 bridgehead atoms. The van der Waals surface area contributed by atoms with Crippen molar-refractivity contribution in [2.75, 3.05) is 11.3 Å². The van der Waals surface area contributed by atoms with Crippen molar-refractivity contribution in [1.29, 1.82) is 0 Å². The molecular formula is C20H17NO5S. The highest BCUT2D eigenvalue weighted by molar-refractivity contribution is 7.92. The van der Waals surface area contributed by atoms with Gasteiger partial charge < -0.3 is 9.84 Å². The van der Waals surface area contributed by atoms with E-state index in [-0.39, 0.29) is 4.90 Å². The van der Waals surface area contributed by atoms with E-state index in [4.69, 9.17) is 9.84 Å². The second kappa shape index (κ2) is 7.51. The zero-order valence-corrected chi connectivity index (χ0v) is 15.1. The number of nitrogens with one attached hydrogen (secondary N) is 1. The van der Waals surface area contributed by atoms with Gasteiger partial charge in [0.2, 0.25) is 0 Å². The standard InChI is InChI=1S/C20H17NO5S/c1-2-14-7-3-4-12-19(14)27(24,25)21-17-10-5-9-16-15(17)8-6-11-18(16)26-13-20(22)23/h2-12,21H,1,13H2,(H,22,23). The molecule has 0 fully saturated rings. The number of hydrogen-bond donors (Lipinski definition) is 2. The molecule has 0 saturated heterocycles. The molecule has 3 aromatic rings. The van der Waals surface area contributed by atoms with Gasteiger partial charge in [0.25, 0.3) is 10.0 Å². The Kier molecular flexibility index (Phi) is 5.14. The third-order valence-electron chi connectivity index (χ3n) is 3.91. The molecule has 0 radical (unpaired) electrons. The first-order valence-electron chi connectivity index (χ1n) is 8.03. The molecule has 0 atom stereocenters.